The van der Waals surface area contributed by atoms with E-state index in [4.69, 9.17) is 4.74 Å². The minimum Gasteiger partial charge on any atom is -0.380 e. The standard InChI is InChI=1S/C13H28N2O/c1-11(16-5)9-15-7-6-12(10-15)8-14-13(2,3)4/h11-12,14H,6-10H2,1-5H3. The van der Waals surface area contributed by atoms with Gasteiger partial charge in [-0.15, -0.1) is 0 Å². The predicted octanol–water partition coefficient (Wildman–Crippen LogP) is 1.73. The SMILES string of the molecule is COC(C)CN1CCC(CNC(C)(C)C)C1. The lowest BCUT2D eigenvalue weighted by atomic mass is 10.1. The fraction of sp³-hybridized carbons (Fsp3) is 1.00. The Balaban J connectivity index is 2.20. The summed E-state index contributed by atoms with van der Waals surface area (Å²) in [6.45, 7) is 13.5. The van der Waals surface area contributed by atoms with Crippen LogP contribution in [-0.2, 0) is 4.74 Å². The van der Waals surface area contributed by atoms with Crippen LogP contribution in [0.1, 0.15) is 34.1 Å². The molecule has 1 heterocycles. The molecule has 0 radical (unpaired) electrons. The molecule has 1 saturated heterocycles. The van der Waals surface area contributed by atoms with Gasteiger partial charge in [-0.1, -0.05) is 0 Å². The van der Waals surface area contributed by atoms with E-state index in [2.05, 4.69) is 37.9 Å². The summed E-state index contributed by atoms with van der Waals surface area (Å²) in [6, 6.07) is 0. The van der Waals surface area contributed by atoms with Gasteiger partial charge >= 0.3 is 0 Å². The smallest absolute Gasteiger partial charge is 0.0670 e. The average Bonchev–Trinajstić information content (AvgIpc) is 2.61. The van der Waals surface area contributed by atoms with Crippen molar-refractivity contribution < 1.29 is 4.74 Å². The molecule has 16 heavy (non-hydrogen) atoms. The highest BCUT2D eigenvalue weighted by Crippen LogP contribution is 2.16. The molecule has 1 aliphatic heterocycles. The van der Waals surface area contributed by atoms with Crippen LogP contribution >= 0.6 is 0 Å². The zero-order valence-electron chi connectivity index (χ0n) is 11.5. The maximum Gasteiger partial charge on any atom is 0.0670 e. The molecule has 2 unspecified atom stereocenters. The first-order chi connectivity index (χ1) is 7.40. The predicted molar refractivity (Wildman–Crippen MR) is 68.8 cm³/mol. The lowest BCUT2D eigenvalue weighted by Gasteiger charge is -2.24. The van der Waals surface area contributed by atoms with E-state index in [0.29, 0.717) is 6.10 Å². The molecular weight excluding hydrogens is 200 g/mol. The fourth-order valence-electron chi connectivity index (χ4n) is 2.13. The number of hydrogen-bond acceptors (Lipinski definition) is 3. The average molecular weight is 228 g/mol. The third-order valence-electron chi connectivity index (χ3n) is 3.21. The second-order valence-electron chi connectivity index (χ2n) is 6.09. The molecule has 0 aliphatic carbocycles. The largest absolute Gasteiger partial charge is 0.380 e. The normalized spacial score (nSPS) is 24.9. The van der Waals surface area contributed by atoms with Crippen molar-refractivity contribution in [1.82, 2.24) is 10.2 Å². The molecule has 96 valence electrons. The molecule has 1 aliphatic rings. The van der Waals surface area contributed by atoms with Crippen molar-refractivity contribution in [2.45, 2.75) is 45.8 Å². The maximum atomic E-state index is 5.30. The summed E-state index contributed by atoms with van der Waals surface area (Å²) >= 11 is 0. The van der Waals surface area contributed by atoms with Crippen molar-refractivity contribution in [2.75, 3.05) is 33.3 Å². The molecule has 0 amide bonds. The molecule has 1 fully saturated rings. The highest BCUT2D eigenvalue weighted by atomic mass is 16.5. The van der Waals surface area contributed by atoms with Gasteiger partial charge in [0.1, 0.15) is 0 Å². The molecule has 0 bridgehead atoms. The van der Waals surface area contributed by atoms with Gasteiger partial charge < -0.3 is 15.0 Å². The Kier molecular flexibility index (Phi) is 5.22. The lowest BCUT2D eigenvalue weighted by molar-refractivity contribution is 0.0838. The van der Waals surface area contributed by atoms with Crippen molar-refractivity contribution in [2.24, 2.45) is 5.92 Å². The Hall–Kier alpha value is -0.120. The summed E-state index contributed by atoms with van der Waals surface area (Å²) in [4.78, 5) is 2.52. The van der Waals surface area contributed by atoms with Crippen molar-refractivity contribution in [3.63, 3.8) is 0 Å². The van der Waals surface area contributed by atoms with E-state index in [1.165, 1.54) is 19.5 Å². The summed E-state index contributed by atoms with van der Waals surface area (Å²) in [6.07, 6.45) is 1.67. The molecule has 0 aromatic carbocycles. The van der Waals surface area contributed by atoms with Crippen LogP contribution in [0, 0.1) is 5.92 Å². The number of likely N-dealkylation sites (tertiary alicyclic amines) is 1. The zero-order valence-corrected chi connectivity index (χ0v) is 11.5. The van der Waals surface area contributed by atoms with Gasteiger partial charge in [-0.3, -0.25) is 0 Å². The second-order valence-corrected chi connectivity index (χ2v) is 6.09. The topological polar surface area (TPSA) is 24.5 Å². The van der Waals surface area contributed by atoms with E-state index in [1.807, 2.05) is 0 Å². The van der Waals surface area contributed by atoms with Gasteiger partial charge in [-0.05, 0) is 53.1 Å². The van der Waals surface area contributed by atoms with Crippen molar-refractivity contribution in [3.8, 4) is 0 Å². The quantitative estimate of drug-likeness (QED) is 0.775. The Labute approximate surface area is 101 Å². The zero-order chi connectivity index (χ0) is 12.2. The molecular formula is C13H28N2O. The van der Waals surface area contributed by atoms with E-state index in [9.17, 15) is 0 Å². The number of nitrogens with one attached hydrogen (secondary N) is 1. The summed E-state index contributed by atoms with van der Waals surface area (Å²) in [5.41, 5.74) is 0.243. The van der Waals surface area contributed by atoms with Crippen LogP contribution in [0.5, 0.6) is 0 Å². The van der Waals surface area contributed by atoms with Crippen LogP contribution in [0.4, 0.5) is 0 Å². The van der Waals surface area contributed by atoms with E-state index in [-0.39, 0.29) is 5.54 Å². The van der Waals surface area contributed by atoms with Crippen LogP contribution in [0.15, 0.2) is 0 Å². The van der Waals surface area contributed by atoms with E-state index >= 15 is 0 Å². The second kappa shape index (κ2) is 5.99. The van der Waals surface area contributed by atoms with Crippen LogP contribution in [0.3, 0.4) is 0 Å². The molecule has 3 heteroatoms. The summed E-state index contributed by atoms with van der Waals surface area (Å²) in [5, 5.41) is 3.59. The van der Waals surface area contributed by atoms with E-state index < -0.39 is 0 Å². The van der Waals surface area contributed by atoms with Crippen molar-refractivity contribution >= 4 is 0 Å². The highest BCUT2D eigenvalue weighted by Gasteiger charge is 2.24. The van der Waals surface area contributed by atoms with Crippen LogP contribution in [0.2, 0.25) is 0 Å². The molecule has 1 rings (SSSR count). The molecule has 0 saturated carbocycles. The number of hydrogen-bond donors (Lipinski definition) is 1. The molecule has 0 aromatic rings. The van der Waals surface area contributed by atoms with Gasteiger partial charge in [0.25, 0.3) is 0 Å². The minimum absolute atomic E-state index is 0.243. The number of methoxy groups -OCH3 is 1. The summed E-state index contributed by atoms with van der Waals surface area (Å²) in [5.74, 6) is 0.809. The maximum absolute atomic E-state index is 5.30. The number of ether oxygens (including phenoxy) is 1. The van der Waals surface area contributed by atoms with Gasteiger partial charge in [0.05, 0.1) is 6.10 Å². The third-order valence-corrected chi connectivity index (χ3v) is 3.21. The van der Waals surface area contributed by atoms with Gasteiger partial charge in [0.15, 0.2) is 0 Å². The third kappa shape index (κ3) is 5.28. The van der Waals surface area contributed by atoms with E-state index in [1.54, 1.807) is 7.11 Å². The highest BCUT2D eigenvalue weighted by molar-refractivity contribution is 4.81. The number of nitrogens with zero attached hydrogens (tertiary/aromatic N) is 1. The minimum atomic E-state index is 0.243. The molecule has 0 aromatic heterocycles. The van der Waals surface area contributed by atoms with Crippen molar-refractivity contribution in [1.29, 1.82) is 0 Å². The Bertz CT molecular complexity index is 201. The van der Waals surface area contributed by atoms with E-state index in [0.717, 1.165) is 19.0 Å². The van der Waals surface area contributed by atoms with Crippen LogP contribution in [0.25, 0.3) is 0 Å². The van der Waals surface area contributed by atoms with Crippen LogP contribution < -0.4 is 5.32 Å². The van der Waals surface area contributed by atoms with Gasteiger partial charge in [0, 0.05) is 25.7 Å². The molecule has 2 atom stereocenters. The fourth-order valence-corrected chi connectivity index (χ4v) is 2.13. The van der Waals surface area contributed by atoms with Gasteiger partial charge in [-0.25, -0.2) is 0 Å². The van der Waals surface area contributed by atoms with Crippen LogP contribution in [-0.4, -0.2) is 49.8 Å². The Morgan fingerprint density at radius 2 is 2.12 bits per heavy atom. The van der Waals surface area contributed by atoms with Gasteiger partial charge in [0.2, 0.25) is 0 Å². The molecule has 3 nitrogen and oxygen atoms in total. The lowest BCUT2D eigenvalue weighted by Crippen LogP contribution is -2.40. The first kappa shape index (κ1) is 13.9. The van der Waals surface area contributed by atoms with Gasteiger partial charge in [-0.2, -0.15) is 0 Å². The Morgan fingerprint density at radius 1 is 1.44 bits per heavy atom. The molecule has 1 N–H and O–H groups in total. The van der Waals surface area contributed by atoms with Crippen molar-refractivity contribution in [3.05, 3.63) is 0 Å². The monoisotopic (exact) mass is 228 g/mol. The number of rotatable bonds is 5. The first-order valence-corrected chi connectivity index (χ1v) is 6.41. The summed E-state index contributed by atoms with van der Waals surface area (Å²) < 4.78 is 5.30. The first-order valence-electron chi connectivity index (χ1n) is 6.41. The Morgan fingerprint density at radius 3 is 2.69 bits per heavy atom. The summed E-state index contributed by atoms with van der Waals surface area (Å²) in [7, 11) is 1.79. The molecule has 0 spiro atoms.